The lowest BCUT2D eigenvalue weighted by atomic mass is 10.1. The van der Waals surface area contributed by atoms with Gasteiger partial charge in [-0.05, 0) is 13.3 Å². The van der Waals surface area contributed by atoms with Crippen molar-refractivity contribution in [3.8, 4) is 0 Å². The fraction of sp³-hybridized carbons (Fsp3) is 0.571. The van der Waals surface area contributed by atoms with Crippen LogP contribution >= 0.6 is 11.3 Å². The molecule has 0 aromatic carbocycles. The molecule has 2 unspecified atom stereocenters. The summed E-state index contributed by atoms with van der Waals surface area (Å²) in [4.78, 5) is 4.35. The van der Waals surface area contributed by atoms with E-state index in [1.54, 1.807) is 19.5 Å². The summed E-state index contributed by atoms with van der Waals surface area (Å²) in [7, 11) is -1.96. The van der Waals surface area contributed by atoms with Gasteiger partial charge in [-0.15, -0.1) is 11.3 Å². The molecule has 2 atom stereocenters. The zero-order valence-corrected chi connectivity index (χ0v) is 15.1. The van der Waals surface area contributed by atoms with E-state index in [-0.39, 0.29) is 17.0 Å². The Hall–Kier alpha value is -1.33. The monoisotopic (exact) mass is 372 g/mol. The summed E-state index contributed by atoms with van der Waals surface area (Å²) in [6, 6.07) is -0.345. The number of aromatic nitrogens is 3. The minimum atomic E-state index is -3.66. The predicted octanol–water partition coefficient (Wildman–Crippen LogP) is 0.838. The second-order valence-electron chi connectivity index (χ2n) is 5.67. The van der Waals surface area contributed by atoms with E-state index in [4.69, 9.17) is 9.47 Å². The molecule has 0 radical (unpaired) electrons. The zero-order chi connectivity index (χ0) is 17.2. The van der Waals surface area contributed by atoms with Gasteiger partial charge in [0.2, 0.25) is 10.0 Å². The number of nitrogens with zero attached hydrogens (tertiary/aromatic N) is 3. The van der Waals surface area contributed by atoms with Crippen molar-refractivity contribution < 1.29 is 17.9 Å². The smallest absolute Gasteiger partial charge is 0.244 e. The summed E-state index contributed by atoms with van der Waals surface area (Å²) in [5, 5.41) is 6.00. The van der Waals surface area contributed by atoms with Crippen LogP contribution in [-0.2, 0) is 33.2 Å². The third kappa shape index (κ3) is 4.01. The van der Waals surface area contributed by atoms with Gasteiger partial charge < -0.3 is 9.47 Å². The SMILES string of the molecule is Cc1nn(C)cc1S(=O)(=O)NC1CCOCC1OCc1cscn1. The Morgan fingerprint density at radius 3 is 3.04 bits per heavy atom. The van der Waals surface area contributed by atoms with Gasteiger partial charge in [0.05, 0.1) is 42.3 Å². The number of hydrogen-bond donors (Lipinski definition) is 1. The molecule has 3 heterocycles. The zero-order valence-electron chi connectivity index (χ0n) is 13.5. The van der Waals surface area contributed by atoms with E-state index >= 15 is 0 Å². The van der Waals surface area contributed by atoms with Crippen molar-refractivity contribution in [3.05, 3.63) is 28.5 Å². The Labute approximate surface area is 144 Å². The molecule has 0 saturated carbocycles. The van der Waals surface area contributed by atoms with Gasteiger partial charge in [-0.2, -0.15) is 5.10 Å². The highest BCUT2D eigenvalue weighted by Gasteiger charge is 2.32. The standard InChI is InChI=1S/C14H20N4O4S2/c1-10-14(5-18(2)16-10)24(19,20)17-12-3-4-21-7-13(12)22-6-11-8-23-9-15-11/h5,8-9,12-13,17H,3-4,6-7H2,1-2H3. The molecule has 132 valence electrons. The summed E-state index contributed by atoms with van der Waals surface area (Å²) >= 11 is 1.50. The maximum absolute atomic E-state index is 12.6. The topological polar surface area (TPSA) is 95.3 Å². The van der Waals surface area contributed by atoms with Crippen LogP contribution in [0.4, 0.5) is 0 Å². The Morgan fingerprint density at radius 2 is 2.38 bits per heavy atom. The average molecular weight is 372 g/mol. The minimum absolute atomic E-state index is 0.190. The lowest BCUT2D eigenvalue weighted by Gasteiger charge is -2.31. The van der Waals surface area contributed by atoms with E-state index in [0.29, 0.717) is 31.9 Å². The van der Waals surface area contributed by atoms with Crippen LogP contribution in [0.15, 0.2) is 22.0 Å². The Bertz CT molecular complexity index is 773. The number of sulfonamides is 1. The van der Waals surface area contributed by atoms with Crippen molar-refractivity contribution in [3.63, 3.8) is 0 Å². The molecular formula is C14H20N4O4S2. The second kappa shape index (κ2) is 7.28. The van der Waals surface area contributed by atoms with Crippen LogP contribution in [0, 0.1) is 6.92 Å². The third-order valence-electron chi connectivity index (χ3n) is 3.80. The largest absolute Gasteiger partial charge is 0.379 e. The molecule has 0 amide bonds. The minimum Gasteiger partial charge on any atom is -0.379 e. The van der Waals surface area contributed by atoms with Gasteiger partial charge in [0.1, 0.15) is 4.90 Å². The molecular weight excluding hydrogens is 352 g/mol. The number of aryl methyl sites for hydroxylation is 2. The molecule has 10 heteroatoms. The first-order valence-corrected chi connectivity index (χ1v) is 9.97. The highest BCUT2D eigenvalue weighted by atomic mass is 32.2. The third-order valence-corrected chi connectivity index (χ3v) is 6.03. The van der Waals surface area contributed by atoms with Crippen molar-refractivity contribution >= 4 is 21.4 Å². The predicted molar refractivity (Wildman–Crippen MR) is 88.2 cm³/mol. The fourth-order valence-electron chi connectivity index (χ4n) is 2.62. The number of nitrogens with one attached hydrogen (secondary N) is 1. The highest BCUT2D eigenvalue weighted by Crippen LogP contribution is 2.19. The summed E-state index contributed by atoms with van der Waals surface area (Å²) in [6.07, 6.45) is 1.70. The molecule has 1 aliphatic heterocycles. The van der Waals surface area contributed by atoms with Gasteiger partial charge in [0, 0.05) is 25.2 Å². The molecule has 2 aromatic heterocycles. The van der Waals surface area contributed by atoms with Crippen LogP contribution in [0.5, 0.6) is 0 Å². The Balaban J connectivity index is 1.69. The maximum atomic E-state index is 12.6. The number of hydrogen-bond acceptors (Lipinski definition) is 7. The molecule has 1 N–H and O–H groups in total. The van der Waals surface area contributed by atoms with E-state index in [9.17, 15) is 8.42 Å². The van der Waals surface area contributed by atoms with Crippen molar-refractivity contribution in [1.82, 2.24) is 19.5 Å². The van der Waals surface area contributed by atoms with Crippen LogP contribution in [0.1, 0.15) is 17.8 Å². The maximum Gasteiger partial charge on any atom is 0.244 e. The molecule has 0 aliphatic carbocycles. The summed E-state index contributed by atoms with van der Waals surface area (Å²) in [5.74, 6) is 0. The molecule has 0 bridgehead atoms. The normalized spacial score (nSPS) is 21.9. The van der Waals surface area contributed by atoms with Crippen LogP contribution in [0.25, 0.3) is 0 Å². The van der Waals surface area contributed by atoms with Gasteiger partial charge in [0.25, 0.3) is 0 Å². The number of ether oxygens (including phenoxy) is 2. The van der Waals surface area contributed by atoms with Crippen LogP contribution in [-0.4, -0.2) is 48.5 Å². The van der Waals surface area contributed by atoms with Crippen LogP contribution < -0.4 is 4.72 Å². The van der Waals surface area contributed by atoms with E-state index in [0.717, 1.165) is 5.69 Å². The van der Waals surface area contributed by atoms with Crippen LogP contribution in [0.2, 0.25) is 0 Å². The lowest BCUT2D eigenvalue weighted by molar-refractivity contribution is -0.0718. The number of rotatable bonds is 6. The van der Waals surface area contributed by atoms with Crippen molar-refractivity contribution in [2.24, 2.45) is 7.05 Å². The average Bonchev–Trinajstić information content (AvgIpc) is 3.15. The second-order valence-corrected chi connectivity index (χ2v) is 8.07. The molecule has 1 aliphatic rings. The molecule has 1 fully saturated rings. The van der Waals surface area contributed by atoms with Crippen molar-refractivity contribution in [1.29, 1.82) is 0 Å². The Kier molecular flexibility index (Phi) is 5.30. The quantitative estimate of drug-likeness (QED) is 0.807. The lowest BCUT2D eigenvalue weighted by Crippen LogP contribution is -2.49. The Morgan fingerprint density at radius 1 is 1.54 bits per heavy atom. The molecule has 3 rings (SSSR count). The van der Waals surface area contributed by atoms with Gasteiger partial charge >= 0.3 is 0 Å². The van der Waals surface area contributed by atoms with Gasteiger partial charge in [-0.3, -0.25) is 4.68 Å². The van der Waals surface area contributed by atoms with Crippen LogP contribution in [0.3, 0.4) is 0 Å². The molecule has 1 saturated heterocycles. The van der Waals surface area contributed by atoms with E-state index < -0.39 is 10.0 Å². The molecule has 8 nitrogen and oxygen atoms in total. The summed E-state index contributed by atoms with van der Waals surface area (Å²) in [6.45, 7) is 2.86. The first kappa shape index (κ1) is 17.5. The van der Waals surface area contributed by atoms with E-state index in [2.05, 4.69) is 14.8 Å². The summed E-state index contributed by atoms with van der Waals surface area (Å²) < 4.78 is 40.8. The number of thiazole rings is 1. The van der Waals surface area contributed by atoms with Crippen molar-refractivity contribution in [2.45, 2.75) is 37.0 Å². The first-order chi connectivity index (χ1) is 11.5. The van der Waals surface area contributed by atoms with E-state index in [1.807, 2.05) is 5.38 Å². The van der Waals surface area contributed by atoms with Gasteiger partial charge in [0.15, 0.2) is 0 Å². The fourth-order valence-corrected chi connectivity index (χ4v) is 4.68. The van der Waals surface area contributed by atoms with E-state index in [1.165, 1.54) is 22.2 Å². The van der Waals surface area contributed by atoms with Crippen molar-refractivity contribution in [2.75, 3.05) is 13.2 Å². The molecule has 24 heavy (non-hydrogen) atoms. The summed E-state index contributed by atoms with van der Waals surface area (Å²) in [5.41, 5.74) is 3.04. The molecule has 0 spiro atoms. The molecule has 2 aromatic rings. The highest BCUT2D eigenvalue weighted by molar-refractivity contribution is 7.89. The van der Waals surface area contributed by atoms with Gasteiger partial charge in [-0.1, -0.05) is 0 Å². The van der Waals surface area contributed by atoms with Gasteiger partial charge in [-0.25, -0.2) is 18.1 Å². The first-order valence-electron chi connectivity index (χ1n) is 7.54.